The zero-order valence-electron chi connectivity index (χ0n) is 10.6. The van der Waals surface area contributed by atoms with Gasteiger partial charge in [0.15, 0.2) is 0 Å². The van der Waals surface area contributed by atoms with E-state index in [2.05, 4.69) is 4.72 Å². The molecule has 0 aliphatic carbocycles. The van der Waals surface area contributed by atoms with Gasteiger partial charge in [0.2, 0.25) is 10.0 Å². The minimum Gasteiger partial charge on any atom is -0.443 e. The van der Waals surface area contributed by atoms with Gasteiger partial charge in [-0.3, -0.25) is 4.90 Å². The highest BCUT2D eigenvalue weighted by Gasteiger charge is 2.32. The Kier molecular flexibility index (Phi) is 4.06. The van der Waals surface area contributed by atoms with Crippen molar-refractivity contribution in [1.82, 2.24) is 4.72 Å². The molecule has 104 valence electrons. The van der Waals surface area contributed by atoms with Gasteiger partial charge in [-0.15, -0.1) is 0 Å². The summed E-state index contributed by atoms with van der Waals surface area (Å²) in [4.78, 5) is 13.2. The first-order valence-corrected chi connectivity index (χ1v) is 7.67. The average molecular weight is 284 g/mol. The molecule has 1 aliphatic rings. The molecule has 0 spiro atoms. The molecule has 1 amide bonds. The minimum absolute atomic E-state index is 0.00999. The van der Waals surface area contributed by atoms with Crippen molar-refractivity contribution in [2.24, 2.45) is 0 Å². The molecule has 6 nitrogen and oxygen atoms in total. The third-order valence-electron chi connectivity index (χ3n) is 2.85. The van der Waals surface area contributed by atoms with Crippen LogP contribution in [0, 0.1) is 0 Å². The van der Waals surface area contributed by atoms with Crippen LogP contribution in [-0.2, 0) is 14.8 Å². The van der Waals surface area contributed by atoms with Crippen molar-refractivity contribution in [1.29, 1.82) is 0 Å². The van der Waals surface area contributed by atoms with E-state index < -0.39 is 22.2 Å². The summed E-state index contributed by atoms with van der Waals surface area (Å²) in [5.41, 5.74) is 0.744. The maximum atomic E-state index is 11.7. The molecule has 1 aromatic carbocycles. The number of hydrogen-bond acceptors (Lipinski definition) is 4. The Balaban J connectivity index is 1.97. The number of anilines is 1. The molecule has 1 aliphatic heterocycles. The highest BCUT2D eigenvalue weighted by atomic mass is 32.2. The van der Waals surface area contributed by atoms with Crippen LogP contribution in [0.25, 0.3) is 0 Å². The Morgan fingerprint density at radius 1 is 1.37 bits per heavy atom. The standard InChI is InChI=1S/C12H16N2O4S/c1-2-19(16,17)13-8-11-9-14(12(15)18-11)10-6-4-3-5-7-10/h3-7,11,13H,2,8-9H2,1H3. The molecule has 0 bridgehead atoms. The van der Waals surface area contributed by atoms with Gasteiger partial charge in [-0.2, -0.15) is 0 Å². The van der Waals surface area contributed by atoms with Crippen LogP contribution in [0.1, 0.15) is 6.92 Å². The second-order valence-electron chi connectivity index (χ2n) is 4.20. The van der Waals surface area contributed by atoms with E-state index in [4.69, 9.17) is 4.74 Å². The molecule has 7 heteroatoms. The molecule has 19 heavy (non-hydrogen) atoms. The topological polar surface area (TPSA) is 75.7 Å². The fourth-order valence-electron chi connectivity index (χ4n) is 1.77. The number of amides is 1. The van der Waals surface area contributed by atoms with E-state index in [1.54, 1.807) is 19.1 Å². The molecule has 1 unspecified atom stereocenters. The summed E-state index contributed by atoms with van der Waals surface area (Å²) in [6.07, 6.45) is -0.916. The van der Waals surface area contributed by atoms with Crippen LogP contribution in [0.2, 0.25) is 0 Å². The van der Waals surface area contributed by atoms with Crippen LogP contribution >= 0.6 is 0 Å². The number of nitrogens with one attached hydrogen (secondary N) is 1. The van der Waals surface area contributed by atoms with Crippen molar-refractivity contribution in [2.75, 3.05) is 23.7 Å². The summed E-state index contributed by atoms with van der Waals surface area (Å²) >= 11 is 0. The van der Waals surface area contributed by atoms with E-state index in [0.717, 1.165) is 5.69 Å². The fourth-order valence-corrected chi connectivity index (χ4v) is 2.41. The first-order chi connectivity index (χ1) is 9.02. The van der Waals surface area contributed by atoms with Crippen LogP contribution in [0.3, 0.4) is 0 Å². The predicted octanol–water partition coefficient (Wildman–Crippen LogP) is 0.951. The second-order valence-corrected chi connectivity index (χ2v) is 6.30. The van der Waals surface area contributed by atoms with Crippen molar-refractivity contribution < 1.29 is 17.9 Å². The van der Waals surface area contributed by atoms with E-state index in [1.165, 1.54) is 4.90 Å². The van der Waals surface area contributed by atoms with Gasteiger partial charge in [0.05, 0.1) is 12.3 Å². The Morgan fingerprint density at radius 2 is 2.05 bits per heavy atom. The first kappa shape index (κ1) is 13.8. The van der Waals surface area contributed by atoms with Crippen LogP contribution in [0.5, 0.6) is 0 Å². The summed E-state index contributed by atoms with van der Waals surface area (Å²) in [7, 11) is -3.27. The number of carbonyl (C=O) groups excluding carboxylic acids is 1. The quantitative estimate of drug-likeness (QED) is 0.873. The lowest BCUT2D eigenvalue weighted by Gasteiger charge is -2.12. The van der Waals surface area contributed by atoms with Crippen molar-refractivity contribution in [3.63, 3.8) is 0 Å². The van der Waals surface area contributed by atoms with Gasteiger partial charge >= 0.3 is 6.09 Å². The fraction of sp³-hybridized carbons (Fsp3) is 0.417. The normalized spacial score (nSPS) is 19.5. The first-order valence-electron chi connectivity index (χ1n) is 6.02. The lowest BCUT2D eigenvalue weighted by Crippen LogP contribution is -2.35. The van der Waals surface area contributed by atoms with Gasteiger partial charge in [0.25, 0.3) is 0 Å². The number of carbonyl (C=O) groups is 1. The Morgan fingerprint density at radius 3 is 2.68 bits per heavy atom. The van der Waals surface area contributed by atoms with Gasteiger partial charge in [-0.1, -0.05) is 18.2 Å². The van der Waals surface area contributed by atoms with Crippen LogP contribution in [-0.4, -0.2) is 39.5 Å². The molecule has 2 rings (SSSR count). The molecule has 1 aromatic rings. The number of sulfonamides is 1. The van der Waals surface area contributed by atoms with Crippen LogP contribution in [0.4, 0.5) is 10.5 Å². The number of nitrogens with zero attached hydrogens (tertiary/aromatic N) is 1. The lowest BCUT2D eigenvalue weighted by molar-refractivity contribution is 0.143. The van der Waals surface area contributed by atoms with Gasteiger partial charge in [0, 0.05) is 12.2 Å². The average Bonchev–Trinajstić information content (AvgIpc) is 2.79. The SMILES string of the molecule is CCS(=O)(=O)NCC1CN(c2ccccc2)C(=O)O1. The number of para-hydroxylation sites is 1. The van der Waals surface area contributed by atoms with Crippen molar-refractivity contribution in [3.05, 3.63) is 30.3 Å². The molecule has 1 N–H and O–H groups in total. The largest absolute Gasteiger partial charge is 0.443 e. The van der Waals surface area contributed by atoms with Crippen LogP contribution < -0.4 is 9.62 Å². The summed E-state index contributed by atoms with van der Waals surface area (Å²) in [5, 5.41) is 0. The Labute approximate surface area is 112 Å². The molecule has 1 heterocycles. The van der Waals surface area contributed by atoms with E-state index in [9.17, 15) is 13.2 Å². The summed E-state index contributed by atoms with van der Waals surface area (Å²) in [5.74, 6) is 0.00999. The van der Waals surface area contributed by atoms with Gasteiger partial charge in [0.1, 0.15) is 6.10 Å². The monoisotopic (exact) mass is 284 g/mol. The maximum Gasteiger partial charge on any atom is 0.414 e. The highest BCUT2D eigenvalue weighted by Crippen LogP contribution is 2.20. The lowest BCUT2D eigenvalue weighted by atomic mass is 10.3. The zero-order valence-corrected chi connectivity index (χ0v) is 11.4. The number of cyclic esters (lactones) is 1. The summed E-state index contributed by atoms with van der Waals surface area (Å²) in [6, 6.07) is 9.13. The maximum absolute atomic E-state index is 11.7. The predicted molar refractivity (Wildman–Crippen MR) is 71.5 cm³/mol. The van der Waals surface area contributed by atoms with Crippen molar-refractivity contribution >= 4 is 21.8 Å². The highest BCUT2D eigenvalue weighted by molar-refractivity contribution is 7.89. The minimum atomic E-state index is -3.27. The molecule has 1 saturated heterocycles. The molecular formula is C12H16N2O4S. The van der Waals surface area contributed by atoms with Crippen LogP contribution in [0.15, 0.2) is 30.3 Å². The summed E-state index contributed by atoms with van der Waals surface area (Å²) < 4.78 is 30.2. The van der Waals surface area contributed by atoms with Gasteiger partial charge < -0.3 is 4.74 Å². The zero-order chi connectivity index (χ0) is 13.9. The molecule has 1 fully saturated rings. The number of benzene rings is 1. The third kappa shape index (κ3) is 3.45. The van der Waals surface area contributed by atoms with Gasteiger partial charge in [-0.05, 0) is 19.1 Å². The van der Waals surface area contributed by atoms with E-state index in [0.29, 0.717) is 6.54 Å². The molecule has 1 atom stereocenters. The second kappa shape index (κ2) is 5.58. The smallest absolute Gasteiger partial charge is 0.414 e. The van der Waals surface area contributed by atoms with E-state index >= 15 is 0 Å². The summed E-state index contributed by atoms with van der Waals surface area (Å²) in [6.45, 7) is 2.00. The Bertz CT molecular complexity index is 544. The number of hydrogen-bond donors (Lipinski definition) is 1. The number of ether oxygens (including phenoxy) is 1. The Hall–Kier alpha value is -1.60. The molecule has 0 aromatic heterocycles. The van der Waals surface area contributed by atoms with E-state index in [1.807, 2.05) is 18.2 Å². The van der Waals surface area contributed by atoms with Gasteiger partial charge in [-0.25, -0.2) is 17.9 Å². The van der Waals surface area contributed by atoms with E-state index in [-0.39, 0.29) is 12.3 Å². The van der Waals surface area contributed by atoms with Crippen molar-refractivity contribution in [3.8, 4) is 0 Å². The third-order valence-corrected chi connectivity index (χ3v) is 4.22. The number of rotatable bonds is 5. The molecule has 0 saturated carbocycles. The molecule has 0 radical (unpaired) electrons. The van der Waals surface area contributed by atoms with Crippen molar-refractivity contribution in [2.45, 2.75) is 13.0 Å². The molecular weight excluding hydrogens is 268 g/mol.